The zero-order valence-corrected chi connectivity index (χ0v) is 17.9. The molecule has 2 aromatic rings. The van der Waals surface area contributed by atoms with Gasteiger partial charge in [-0.1, -0.05) is 38.1 Å². The maximum absolute atomic E-state index is 12.8. The number of amides is 1. The number of benzene rings is 2. The summed E-state index contributed by atoms with van der Waals surface area (Å²) in [5.41, 5.74) is 2.05. The number of rotatable bonds is 8. The molecule has 156 valence electrons. The molecule has 0 bridgehead atoms. The standard InChI is InChI=1S/C21H26N2O5S/c1-5-23(6-2)29(26,27)19-13-17(12-11-16(19)4)22-20(24)14-28-21(25)18-10-8-7-9-15(18)3/h7-13H,5-6,14H2,1-4H3,(H,22,24). The summed E-state index contributed by atoms with van der Waals surface area (Å²) in [6.07, 6.45) is 0. The average molecular weight is 419 g/mol. The first kappa shape index (κ1) is 22.6. The fraction of sp³-hybridized carbons (Fsp3) is 0.333. The van der Waals surface area contributed by atoms with Crippen LogP contribution in [0.25, 0.3) is 0 Å². The molecule has 0 aliphatic carbocycles. The van der Waals surface area contributed by atoms with E-state index >= 15 is 0 Å². The Morgan fingerprint density at radius 2 is 1.66 bits per heavy atom. The smallest absolute Gasteiger partial charge is 0.338 e. The molecule has 1 amide bonds. The van der Waals surface area contributed by atoms with Crippen LogP contribution in [0.4, 0.5) is 5.69 Å². The van der Waals surface area contributed by atoms with E-state index in [2.05, 4.69) is 5.32 Å². The molecule has 0 radical (unpaired) electrons. The third-order valence-corrected chi connectivity index (χ3v) is 6.69. The quantitative estimate of drug-likeness (QED) is 0.665. The Bertz CT molecular complexity index is 998. The van der Waals surface area contributed by atoms with Gasteiger partial charge in [0.1, 0.15) is 0 Å². The van der Waals surface area contributed by atoms with E-state index in [1.54, 1.807) is 64.1 Å². The Morgan fingerprint density at radius 3 is 2.28 bits per heavy atom. The second-order valence-corrected chi connectivity index (χ2v) is 8.42. The molecule has 8 heteroatoms. The van der Waals surface area contributed by atoms with Crippen molar-refractivity contribution in [2.45, 2.75) is 32.6 Å². The normalized spacial score (nSPS) is 11.3. The third kappa shape index (κ3) is 5.42. The highest BCUT2D eigenvalue weighted by Gasteiger charge is 2.24. The van der Waals surface area contributed by atoms with Gasteiger partial charge >= 0.3 is 5.97 Å². The van der Waals surface area contributed by atoms with Gasteiger partial charge in [0, 0.05) is 18.8 Å². The highest BCUT2D eigenvalue weighted by molar-refractivity contribution is 7.89. The van der Waals surface area contributed by atoms with Crippen molar-refractivity contribution >= 4 is 27.6 Å². The van der Waals surface area contributed by atoms with Crippen LogP contribution in [0, 0.1) is 13.8 Å². The molecule has 1 N–H and O–H groups in total. The van der Waals surface area contributed by atoms with Crippen LogP contribution < -0.4 is 5.32 Å². The molecule has 0 fully saturated rings. The minimum absolute atomic E-state index is 0.135. The zero-order valence-electron chi connectivity index (χ0n) is 17.1. The Balaban J connectivity index is 2.10. The van der Waals surface area contributed by atoms with E-state index in [1.165, 1.54) is 10.4 Å². The Labute approximate surface area is 171 Å². The van der Waals surface area contributed by atoms with Gasteiger partial charge in [0.05, 0.1) is 10.5 Å². The molecule has 0 aliphatic heterocycles. The van der Waals surface area contributed by atoms with E-state index in [0.29, 0.717) is 29.9 Å². The fourth-order valence-electron chi connectivity index (χ4n) is 2.87. The number of hydrogen-bond donors (Lipinski definition) is 1. The number of carbonyl (C=O) groups excluding carboxylic acids is 2. The van der Waals surface area contributed by atoms with Crippen LogP contribution in [-0.2, 0) is 19.6 Å². The first-order chi connectivity index (χ1) is 13.7. The van der Waals surface area contributed by atoms with Gasteiger partial charge in [-0.15, -0.1) is 0 Å². The molecule has 0 spiro atoms. The average Bonchev–Trinajstić information content (AvgIpc) is 2.68. The lowest BCUT2D eigenvalue weighted by molar-refractivity contribution is -0.119. The van der Waals surface area contributed by atoms with Gasteiger partial charge in [-0.2, -0.15) is 4.31 Å². The van der Waals surface area contributed by atoms with Crippen LogP contribution in [0.1, 0.15) is 35.3 Å². The first-order valence-corrected chi connectivity index (χ1v) is 10.8. The van der Waals surface area contributed by atoms with Gasteiger partial charge in [0.15, 0.2) is 6.61 Å². The SMILES string of the molecule is CCN(CC)S(=O)(=O)c1cc(NC(=O)COC(=O)c2ccccc2C)ccc1C. The van der Waals surface area contributed by atoms with E-state index in [1.807, 2.05) is 0 Å². The van der Waals surface area contributed by atoms with E-state index in [0.717, 1.165) is 5.56 Å². The van der Waals surface area contributed by atoms with E-state index in [9.17, 15) is 18.0 Å². The predicted octanol–water partition coefficient (Wildman–Crippen LogP) is 3.13. The molecule has 0 heterocycles. The molecule has 7 nitrogen and oxygen atoms in total. The molecule has 0 aromatic heterocycles. The zero-order chi connectivity index (χ0) is 21.6. The van der Waals surface area contributed by atoms with Crippen LogP contribution in [0.15, 0.2) is 47.4 Å². The predicted molar refractivity (Wildman–Crippen MR) is 111 cm³/mol. The fourth-order valence-corrected chi connectivity index (χ4v) is 4.58. The number of aryl methyl sites for hydroxylation is 2. The summed E-state index contributed by atoms with van der Waals surface area (Å²) >= 11 is 0. The lowest BCUT2D eigenvalue weighted by Crippen LogP contribution is -2.31. The summed E-state index contributed by atoms with van der Waals surface area (Å²) in [5, 5.41) is 2.58. The lowest BCUT2D eigenvalue weighted by atomic mass is 10.1. The van der Waals surface area contributed by atoms with Crippen molar-refractivity contribution in [1.82, 2.24) is 4.31 Å². The number of anilines is 1. The van der Waals surface area contributed by atoms with Crippen molar-refractivity contribution in [3.8, 4) is 0 Å². The summed E-state index contributed by atoms with van der Waals surface area (Å²) in [6.45, 7) is 7.25. The van der Waals surface area contributed by atoms with Crippen molar-refractivity contribution in [3.05, 3.63) is 59.2 Å². The van der Waals surface area contributed by atoms with Gasteiger partial charge in [-0.05, 0) is 43.2 Å². The summed E-state index contributed by atoms with van der Waals surface area (Å²) in [4.78, 5) is 24.4. The summed E-state index contributed by atoms with van der Waals surface area (Å²) < 4.78 is 32.0. The van der Waals surface area contributed by atoms with Crippen molar-refractivity contribution in [2.24, 2.45) is 0 Å². The van der Waals surface area contributed by atoms with Crippen molar-refractivity contribution in [2.75, 3.05) is 25.0 Å². The summed E-state index contributed by atoms with van der Waals surface area (Å²) in [5.74, 6) is -1.14. The molecular weight excluding hydrogens is 392 g/mol. The molecule has 2 aromatic carbocycles. The molecule has 0 unspecified atom stereocenters. The molecule has 0 atom stereocenters. The number of sulfonamides is 1. The highest BCUT2D eigenvalue weighted by Crippen LogP contribution is 2.23. The third-order valence-electron chi connectivity index (χ3n) is 4.49. The van der Waals surface area contributed by atoms with Crippen molar-refractivity contribution in [1.29, 1.82) is 0 Å². The number of nitrogens with one attached hydrogen (secondary N) is 1. The van der Waals surface area contributed by atoms with Crippen LogP contribution in [-0.4, -0.2) is 44.3 Å². The van der Waals surface area contributed by atoms with Crippen molar-refractivity contribution in [3.63, 3.8) is 0 Å². The Morgan fingerprint density at radius 1 is 1.00 bits per heavy atom. The molecule has 29 heavy (non-hydrogen) atoms. The number of nitrogens with zero attached hydrogens (tertiary/aromatic N) is 1. The Kier molecular flexibility index (Phi) is 7.53. The molecule has 0 saturated carbocycles. The minimum Gasteiger partial charge on any atom is -0.452 e. The maximum atomic E-state index is 12.8. The van der Waals surface area contributed by atoms with Crippen LogP contribution in [0.3, 0.4) is 0 Å². The van der Waals surface area contributed by atoms with Crippen LogP contribution in [0.5, 0.6) is 0 Å². The number of ether oxygens (including phenoxy) is 1. The number of esters is 1. The summed E-state index contributed by atoms with van der Waals surface area (Å²) in [7, 11) is -3.66. The molecule has 0 aliphatic rings. The highest BCUT2D eigenvalue weighted by atomic mass is 32.2. The van der Waals surface area contributed by atoms with Crippen molar-refractivity contribution < 1.29 is 22.7 Å². The lowest BCUT2D eigenvalue weighted by Gasteiger charge is -2.20. The van der Waals surface area contributed by atoms with Gasteiger partial charge in [0.2, 0.25) is 10.0 Å². The number of hydrogen-bond acceptors (Lipinski definition) is 5. The van der Waals surface area contributed by atoms with Gasteiger partial charge in [-0.25, -0.2) is 13.2 Å². The minimum atomic E-state index is -3.66. The van der Waals surface area contributed by atoms with Crippen LogP contribution in [0.2, 0.25) is 0 Å². The van der Waals surface area contributed by atoms with Gasteiger partial charge in [-0.3, -0.25) is 4.79 Å². The molecule has 0 saturated heterocycles. The molecular formula is C21H26N2O5S. The van der Waals surface area contributed by atoms with Gasteiger partial charge < -0.3 is 10.1 Å². The largest absolute Gasteiger partial charge is 0.452 e. The van der Waals surface area contributed by atoms with Gasteiger partial charge in [0.25, 0.3) is 5.91 Å². The first-order valence-electron chi connectivity index (χ1n) is 9.34. The second kappa shape index (κ2) is 9.67. The number of carbonyl (C=O) groups is 2. The monoisotopic (exact) mass is 418 g/mol. The molecule has 2 rings (SSSR count). The topological polar surface area (TPSA) is 92.8 Å². The Hall–Kier alpha value is -2.71. The maximum Gasteiger partial charge on any atom is 0.338 e. The second-order valence-electron chi connectivity index (χ2n) is 6.51. The van der Waals surface area contributed by atoms with E-state index < -0.39 is 28.5 Å². The van der Waals surface area contributed by atoms with E-state index in [4.69, 9.17) is 4.74 Å². The summed E-state index contributed by atoms with van der Waals surface area (Å²) in [6, 6.07) is 11.6. The van der Waals surface area contributed by atoms with Crippen LogP contribution >= 0.6 is 0 Å². The van der Waals surface area contributed by atoms with E-state index in [-0.39, 0.29) is 4.90 Å².